The minimum atomic E-state index is -0.0516. The number of aliphatic hydroxyl groups excluding tert-OH is 1. The fourth-order valence-electron chi connectivity index (χ4n) is 1.43. The molecular weight excluding hydrogens is 188 g/mol. The van der Waals surface area contributed by atoms with Crippen LogP contribution < -0.4 is 0 Å². The molecule has 0 saturated carbocycles. The number of furan rings is 1. The number of rotatable bonds is 1. The highest BCUT2D eigenvalue weighted by atomic mass is 35.5. The molecule has 2 aromatic rings. The summed E-state index contributed by atoms with van der Waals surface area (Å²) in [6.45, 7) is 1.82. The van der Waals surface area contributed by atoms with Gasteiger partial charge >= 0.3 is 0 Å². The summed E-state index contributed by atoms with van der Waals surface area (Å²) < 4.78 is 5.43. The zero-order valence-corrected chi connectivity index (χ0v) is 7.93. The van der Waals surface area contributed by atoms with E-state index in [9.17, 15) is 0 Å². The van der Waals surface area contributed by atoms with Crippen molar-refractivity contribution in [1.82, 2.24) is 0 Å². The lowest BCUT2D eigenvalue weighted by Crippen LogP contribution is -1.83. The zero-order chi connectivity index (χ0) is 9.42. The Morgan fingerprint density at radius 2 is 2.15 bits per heavy atom. The van der Waals surface area contributed by atoms with Crippen LogP contribution in [0.15, 0.2) is 22.6 Å². The molecule has 1 aromatic heterocycles. The normalized spacial score (nSPS) is 11.0. The Labute approximate surface area is 80.7 Å². The van der Waals surface area contributed by atoms with E-state index >= 15 is 0 Å². The Morgan fingerprint density at radius 3 is 2.85 bits per heavy atom. The van der Waals surface area contributed by atoms with Gasteiger partial charge in [-0.1, -0.05) is 11.6 Å². The van der Waals surface area contributed by atoms with Crippen LogP contribution in [-0.4, -0.2) is 5.11 Å². The number of aliphatic hydroxyl groups is 1. The minimum Gasteiger partial charge on any atom is -0.461 e. The number of fused-ring (bicyclic) bond motifs is 1. The first-order valence-corrected chi connectivity index (χ1v) is 4.38. The summed E-state index contributed by atoms with van der Waals surface area (Å²) in [6.07, 6.45) is 0. The molecule has 0 amide bonds. The summed E-state index contributed by atoms with van der Waals surface area (Å²) in [4.78, 5) is 0. The molecule has 2 nitrogen and oxygen atoms in total. The second-order valence-electron chi connectivity index (χ2n) is 3.00. The highest BCUT2D eigenvalue weighted by molar-refractivity contribution is 6.31. The van der Waals surface area contributed by atoms with E-state index in [1.54, 1.807) is 6.07 Å². The lowest BCUT2D eigenvalue weighted by molar-refractivity contribution is 0.281. The first-order valence-electron chi connectivity index (χ1n) is 4.00. The SMILES string of the molecule is Cc1cc2cc(Cl)cc(CO)c2o1. The van der Waals surface area contributed by atoms with Crippen molar-refractivity contribution >= 4 is 22.6 Å². The smallest absolute Gasteiger partial charge is 0.139 e. The van der Waals surface area contributed by atoms with Crippen LogP contribution in [0.2, 0.25) is 5.02 Å². The van der Waals surface area contributed by atoms with Gasteiger partial charge in [-0.25, -0.2) is 0 Å². The van der Waals surface area contributed by atoms with Crippen LogP contribution in [0.4, 0.5) is 0 Å². The number of hydrogen-bond donors (Lipinski definition) is 1. The first-order chi connectivity index (χ1) is 6.20. The van der Waals surface area contributed by atoms with Crippen molar-refractivity contribution in [3.8, 4) is 0 Å². The molecule has 0 aliphatic heterocycles. The van der Waals surface area contributed by atoms with Gasteiger partial charge in [0.1, 0.15) is 11.3 Å². The largest absolute Gasteiger partial charge is 0.461 e. The van der Waals surface area contributed by atoms with Gasteiger partial charge in [-0.15, -0.1) is 0 Å². The predicted octanol–water partition coefficient (Wildman–Crippen LogP) is 2.89. The van der Waals surface area contributed by atoms with Crippen molar-refractivity contribution in [2.45, 2.75) is 13.5 Å². The summed E-state index contributed by atoms with van der Waals surface area (Å²) >= 11 is 5.86. The fraction of sp³-hybridized carbons (Fsp3) is 0.200. The summed E-state index contributed by atoms with van der Waals surface area (Å²) in [7, 11) is 0. The molecule has 0 atom stereocenters. The van der Waals surface area contributed by atoms with Gasteiger partial charge in [0.15, 0.2) is 0 Å². The summed E-state index contributed by atoms with van der Waals surface area (Å²) in [5, 5.41) is 10.6. The Hall–Kier alpha value is -0.990. The molecule has 1 aromatic carbocycles. The van der Waals surface area contributed by atoms with E-state index in [0.717, 1.165) is 22.3 Å². The van der Waals surface area contributed by atoms with Gasteiger partial charge in [-0.2, -0.15) is 0 Å². The van der Waals surface area contributed by atoms with Crippen molar-refractivity contribution < 1.29 is 9.52 Å². The molecule has 0 aliphatic carbocycles. The Kier molecular flexibility index (Phi) is 2.02. The number of hydrogen-bond acceptors (Lipinski definition) is 2. The standard InChI is InChI=1S/C10H9ClO2/c1-6-2-7-3-9(11)4-8(5-12)10(7)13-6/h2-4,12H,5H2,1H3. The minimum absolute atomic E-state index is 0.0516. The summed E-state index contributed by atoms with van der Waals surface area (Å²) in [5.41, 5.74) is 1.46. The molecule has 3 heteroatoms. The maximum atomic E-state index is 9.05. The highest BCUT2D eigenvalue weighted by Crippen LogP contribution is 2.26. The van der Waals surface area contributed by atoms with Crippen LogP contribution in [0, 0.1) is 6.92 Å². The van der Waals surface area contributed by atoms with E-state index in [0.29, 0.717) is 5.02 Å². The van der Waals surface area contributed by atoms with E-state index < -0.39 is 0 Å². The average Bonchev–Trinajstić information content (AvgIpc) is 2.43. The topological polar surface area (TPSA) is 33.4 Å². The van der Waals surface area contributed by atoms with E-state index in [1.165, 1.54) is 0 Å². The van der Waals surface area contributed by atoms with Gasteiger partial charge in [-0.05, 0) is 25.1 Å². The molecule has 0 aliphatic rings. The summed E-state index contributed by atoms with van der Waals surface area (Å²) in [6, 6.07) is 5.44. The van der Waals surface area contributed by atoms with E-state index in [4.69, 9.17) is 21.1 Å². The molecule has 68 valence electrons. The maximum absolute atomic E-state index is 9.05. The molecule has 0 spiro atoms. The van der Waals surface area contributed by atoms with Gasteiger partial charge in [0.05, 0.1) is 6.61 Å². The highest BCUT2D eigenvalue weighted by Gasteiger charge is 2.06. The molecule has 0 fully saturated rings. The van der Waals surface area contributed by atoms with Crippen molar-refractivity contribution in [2.24, 2.45) is 0 Å². The van der Waals surface area contributed by atoms with Gasteiger partial charge in [-0.3, -0.25) is 0 Å². The molecule has 0 bridgehead atoms. The molecular formula is C10H9ClO2. The second-order valence-corrected chi connectivity index (χ2v) is 3.43. The van der Waals surface area contributed by atoms with Crippen molar-refractivity contribution in [3.05, 3.63) is 34.5 Å². The lowest BCUT2D eigenvalue weighted by atomic mass is 10.1. The van der Waals surface area contributed by atoms with Crippen LogP contribution in [0.1, 0.15) is 11.3 Å². The first kappa shape index (κ1) is 8.60. The third kappa shape index (κ3) is 1.43. The van der Waals surface area contributed by atoms with Crippen LogP contribution in [0.25, 0.3) is 11.0 Å². The Balaban J connectivity index is 2.80. The van der Waals surface area contributed by atoms with Crippen molar-refractivity contribution in [3.63, 3.8) is 0 Å². The average molecular weight is 197 g/mol. The third-order valence-corrected chi connectivity index (χ3v) is 2.17. The fourth-order valence-corrected chi connectivity index (χ4v) is 1.68. The van der Waals surface area contributed by atoms with Gasteiger partial charge in [0.2, 0.25) is 0 Å². The third-order valence-electron chi connectivity index (χ3n) is 1.95. The van der Waals surface area contributed by atoms with Crippen LogP contribution in [0.3, 0.4) is 0 Å². The van der Waals surface area contributed by atoms with Crippen molar-refractivity contribution in [2.75, 3.05) is 0 Å². The second kappa shape index (κ2) is 3.05. The zero-order valence-electron chi connectivity index (χ0n) is 7.17. The van der Waals surface area contributed by atoms with E-state index in [-0.39, 0.29) is 6.61 Å². The van der Waals surface area contributed by atoms with Gasteiger partial charge in [0.25, 0.3) is 0 Å². The molecule has 0 saturated heterocycles. The van der Waals surface area contributed by atoms with Gasteiger partial charge in [0, 0.05) is 16.0 Å². The quantitative estimate of drug-likeness (QED) is 0.761. The van der Waals surface area contributed by atoms with E-state index in [1.807, 2.05) is 19.1 Å². The number of benzene rings is 1. The van der Waals surface area contributed by atoms with Crippen molar-refractivity contribution in [1.29, 1.82) is 0 Å². The molecule has 1 heterocycles. The number of aryl methyl sites for hydroxylation is 1. The van der Waals surface area contributed by atoms with Gasteiger partial charge < -0.3 is 9.52 Å². The molecule has 0 radical (unpaired) electrons. The Bertz CT molecular complexity index is 445. The van der Waals surface area contributed by atoms with Crippen LogP contribution >= 0.6 is 11.6 Å². The Morgan fingerprint density at radius 1 is 1.38 bits per heavy atom. The van der Waals surface area contributed by atoms with Crippen LogP contribution in [-0.2, 0) is 6.61 Å². The molecule has 2 rings (SSSR count). The molecule has 0 unspecified atom stereocenters. The lowest BCUT2D eigenvalue weighted by Gasteiger charge is -1.98. The molecule has 1 N–H and O–H groups in total. The van der Waals surface area contributed by atoms with Crippen LogP contribution in [0.5, 0.6) is 0 Å². The predicted molar refractivity (Wildman–Crippen MR) is 51.9 cm³/mol. The number of halogens is 1. The monoisotopic (exact) mass is 196 g/mol. The summed E-state index contributed by atoms with van der Waals surface area (Å²) in [5.74, 6) is 0.826. The maximum Gasteiger partial charge on any atom is 0.139 e. The molecule has 13 heavy (non-hydrogen) atoms. The van der Waals surface area contributed by atoms with E-state index in [2.05, 4.69) is 0 Å².